The van der Waals surface area contributed by atoms with E-state index in [2.05, 4.69) is 64.7 Å². The number of hydrogen-bond donors (Lipinski definition) is 0. The summed E-state index contributed by atoms with van der Waals surface area (Å²) in [5.74, 6) is 0.395. The van der Waals surface area contributed by atoms with Gasteiger partial charge in [0, 0.05) is 18.4 Å². The van der Waals surface area contributed by atoms with Crippen molar-refractivity contribution >= 4 is 51.7 Å². The molecule has 24 heavy (non-hydrogen) atoms. The zero-order chi connectivity index (χ0) is 18.1. The third-order valence-corrected chi connectivity index (χ3v) is 9.88. The summed E-state index contributed by atoms with van der Waals surface area (Å²) in [5, 5.41) is 1.05. The van der Waals surface area contributed by atoms with Crippen LogP contribution in [0.25, 0.3) is 11.0 Å². The highest BCUT2D eigenvalue weighted by atomic mass is 79.9. The molecular formula is C17H22BrO4Si2. The first-order chi connectivity index (χ1) is 11.0. The molecule has 0 atom stereocenters. The molecule has 0 aliphatic heterocycles. The van der Waals surface area contributed by atoms with Crippen LogP contribution < -0.4 is 0 Å². The van der Waals surface area contributed by atoms with Gasteiger partial charge in [-0.1, -0.05) is 20.8 Å². The van der Waals surface area contributed by atoms with Gasteiger partial charge in [-0.15, -0.1) is 0 Å². The third kappa shape index (κ3) is 4.19. The Morgan fingerprint density at radius 1 is 1.29 bits per heavy atom. The molecule has 129 valence electrons. The largest absolute Gasteiger partial charge is 0.513 e. The van der Waals surface area contributed by atoms with Crippen LogP contribution in [0.1, 0.15) is 36.9 Å². The van der Waals surface area contributed by atoms with Crippen LogP contribution in [0.2, 0.25) is 18.1 Å². The molecule has 2 rings (SSSR count). The van der Waals surface area contributed by atoms with Crippen LogP contribution in [0.4, 0.5) is 0 Å². The van der Waals surface area contributed by atoms with Crippen LogP contribution >= 0.6 is 15.9 Å². The summed E-state index contributed by atoms with van der Waals surface area (Å²) in [5.41, 5.74) is 1.18. The molecule has 2 aromatic rings. The molecule has 0 unspecified atom stereocenters. The molecule has 0 N–H and O–H groups in total. The predicted octanol–water partition coefficient (Wildman–Crippen LogP) is 5.00. The lowest BCUT2D eigenvalue weighted by molar-refractivity contribution is 0.0749. The van der Waals surface area contributed by atoms with E-state index in [-0.39, 0.29) is 5.04 Å². The number of carbonyl (C=O) groups excluding carboxylic acids is 1. The first-order valence-electron chi connectivity index (χ1n) is 7.79. The molecule has 0 bridgehead atoms. The molecule has 0 amide bonds. The van der Waals surface area contributed by atoms with Crippen LogP contribution in [0, 0.1) is 0 Å². The minimum absolute atomic E-state index is 0.189. The second-order valence-corrected chi connectivity index (χ2v) is 13.2. The highest BCUT2D eigenvalue weighted by Gasteiger charge is 2.36. The highest BCUT2D eigenvalue weighted by Crippen LogP contribution is 2.36. The first-order valence-corrected chi connectivity index (χ1v) is 11.9. The molecule has 0 aliphatic carbocycles. The standard InChI is InChI=1S/C17H22BrO4Si2/c1-17(2,3)24(4,5)20-7-6-13-9-11-8-12(16(19)22-23)10-14(18)15(11)21-13/h8-10H,6-7H2,1-5H3. The van der Waals surface area contributed by atoms with Gasteiger partial charge in [0.25, 0.3) is 0 Å². The average molecular weight is 426 g/mol. The van der Waals surface area contributed by atoms with Crippen LogP contribution in [-0.2, 0) is 15.3 Å². The lowest BCUT2D eigenvalue weighted by atomic mass is 10.1. The van der Waals surface area contributed by atoms with Crippen molar-refractivity contribution in [3.05, 3.63) is 34.0 Å². The molecule has 1 heterocycles. The molecule has 0 aliphatic rings. The van der Waals surface area contributed by atoms with Crippen molar-refractivity contribution in [1.29, 1.82) is 0 Å². The summed E-state index contributed by atoms with van der Waals surface area (Å²) in [6, 6.07) is 5.38. The Labute approximate surface area is 155 Å². The lowest BCUT2D eigenvalue weighted by Crippen LogP contribution is -2.41. The van der Waals surface area contributed by atoms with E-state index in [1.54, 1.807) is 12.1 Å². The summed E-state index contributed by atoms with van der Waals surface area (Å²) < 4.78 is 17.4. The van der Waals surface area contributed by atoms with Crippen molar-refractivity contribution in [1.82, 2.24) is 0 Å². The van der Waals surface area contributed by atoms with Crippen molar-refractivity contribution in [2.75, 3.05) is 6.61 Å². The Hall–Kier alpha value is -0.896. The fourth-order valence-electron chi connectivity index (χ4n) is 2.09. The zero-order valence-electron chi connectivity index (χ0n) is 14.7. The second kappa shape index (κ2) is 7.15. The van der Waals surface area contributed by atoms with Gasteiger partial charge in [0.05, 0.1) is 10.0 Å². The van der Waals surface area contributed by atoms with Gasteiger partial charge in [-0.05, 0) is 52.3 Å². The van der Waals surface area contributed by atoms with E-state index in [4.69, 9.17) is 8.84 Å². The second-order valence-electron chi connectivity index (χ2n) is 7.34. The average Bonchev–Trinajstić information content (AvgIpc) is 2.88. The summed E-state index contributed by atoms with van der Waals surface area (Å²) in [6.07, 6.45) is 0.700. The number of benzene rings is 1. The number of carbonyl (C=O) groups is 1. The van der Waals surface area contributed by atoms with E-state index in [1.807, 2.05) is 6.07 Å². The van der Waals surface area contributed by atoms with Crippen molar-refractivity contribution in [3.8, 4) is 0 Å². The topological polar surface area (TPSA) is 48.7 Å². The van der Waals surface area contributed by atoms with E-state index < -0.39 is 14.3 Å². The van der Waals surface area contributed by atoms with Gasteiger partial charge in [0.1, 0.15) is 11.3 Å². The Morgan fingerprint density at radius 2 is 1.96 bits per heavy atom. The van der Waals surface area contributed by atoms with Gasteiger partial charge in [-0.2, -0.15) is 0 Å². The molecular weight excluding hydrogens is 404 g/mol. The monoisotopic (exact) mass is 425 g/mol. The number of hydrogen-bond acceptors (Lipinski definition) is 4. The van der Waals surface area contributed by atoms with Gasteiger partial charge in [-0.3, -0.25) is 0 Å². The molecule has 1 aromatic carbocycles. The maximum atomic E-state index is 11.7. The summed E-state index contributed by atoms with van der Waals surface area (Å²) in [6.45, 7) is 11.8. The highest BCUT2D eigenvalue weighted by molar-refractivity contribution is 9.10. The Balaban J connectivity index is 2.14. The lowest BCUT2D eigenvalue weighted by Gasteiger charge is -2.36. The number of rotatable bonds is 5. The maximum absolute atomic E-state index is 11.7. The molecule has 1 aromatic heterocycles. The van der Waals surface area contributed by atoms with Gasteiger partial charge >= 0.3 is 16.5 Å². The SMILES string of the molecule is CC(C)(C)[Si](C)(C)OCCc1cc2cc(C(=O)O[Si])cc(Br)c2o1. The Bertz CT molecular complexity index is 747. The van der Waals surface area contributed by atoms with Crippen LogP contribution in [-0.4, -0.2) is 31.4 Å². The fourth-order valence-corrected chi connectivity index (χ4v) is 3.81. The van der Waals surface area contributed by atoms with Crippen LogP contribution in [0.15, 0.2) is 27.1 Å². The van der Waals surface area contributed by atoms with Crippen LogP contribution in [0.3, 0.4) is 0 Å². The summed E-state index contributed by atoms with van der Waals surface area (Å²) in [4.78, 5) is 11.7. The molecule has 4 nitrogen and oxygen atoms in total. The minimum Gasteiger partial charge on any atom is -0.513 e. The van der Waals surface area contributed by atoms with Crippen molar-refractivity contribution in [2.45, 2.75) is 45.3 Å². The van der Waals surface area contributed by atoms with Gasteiger partial charge in [-0.25, -0.2) is 4.79 Å². The molecule has 3 radical (unpaired) electrons. The fraction of sp³-hybridized carbons (Fsp3) is 0.471. The number of halogens is 1. The van der Waals surface area contributed by atoms with E-state index in [0.29, 0.717) is 18.6 Å². The number of furan rings is 1. The summed E-state index contributed by atoms with van der Waals surface area (Å²) in [7, 11) is 1.01. The van der Waals surface area contributed by atoms with Gasteiger partial charge in [0.2, 0.25) is 0 Å². The van der Waals surface area contributed by atoms with Gasteiger partial charge in [0.15, 0.2) is 8.32 Å². The van der Waals surface area contributed by atoms with E-state index in [9.17, 15) is 4.79 Å². The molecule has 0 saturated carbocycles. The predicted molar refractivity (Wildman–Crippen MR) is 102 cm³/mol. The van der Waals surface area contributed by atoms with Crippen LogP contribution in [0.5, 0.6) is 0 Å². The number of fused-ring (bicyclic) bond motifs is 1. The molecule has 0 spiro atoms. The smallest absolute Gasteiger partial charge is 0.345 e. The quantitative estimate of drug-likeness (QED) is 0.632. The third-order valence-electron chi connectivity index (χ3n) is 4.57. The minimum atomic E-state index is -1.75. The first kappa shape index (κ1) is 19.4. The normalized spacial score (nSPS) is 12.6. The molecule has 7 heteroatoms. The van der Waals surface area contributed by atoms with Crippen molar-refractivity contribution in [2.24, 2.45) is 0 Å². The summed E-state index contributed by atoms with van der Waals surface area (Å²) >= 11 is 3.44. The molecule has 0 fully saturated rings. The molecule has 0 saturated heterocycles. The van der Waals surface area contributed by atoms with Crippen molar-refractivity contribution in [3.63, 3.8) is 0 Å². The van der Waals surface area contributed by atoms with E-state index in [1.165, 1.54) is 0 Å². The Kier molecular flexibility index (Phi) is 5.79. The maximum Gasteiger partial charge on any atom is 0.345 e. The van der Waals surface area contributed by atoms with E-state index >= 15 is 0 Å². The van der Waals surface area contributed by atoms with Gasteiger partial charge < -0.3 is 13.3 Å². The zero-order valence-corrected chi connectivity index (χ0v) is 18.2. The van der Waals surface area contributed by atoms with E-state index in [0.717, 1.165) is 21.2 Å². The van der Waals surface area contributed by atoms with Crippen molar-refractivity contribution < 1.29 is 18.1 Å². The Morgan fingerprint density at radius 3 is 2.54 bits per heavy atom.